The van der Waals surface area contributed by atoms with Crippen LogP contribution in [0.4, 0.5) is 0 Å². The van der Waals surface area contributed by atoms with Gasteiger partial charge in [0.2, 0.25) is 0 Å². The molecule has 0 fully saturated rings. The average Bonchev–Trinajstić information content (AvgIpc) is 3.95. The molecule has 12 aromatic rings. The van der Waals surface area contributed by atoms with E-state index in [1.54, 1.807) is 0 Å². The third kappa shape index (κ3) is 4.84. The van der Waals surface area contributed by atoms with Crippen LogP contribution < -0.4 is 0 Å². The molecule has 0 N–H and O–H groups in total. The lowest BCUT2D eigenvalue weighted by molar-refractivity contribution is 1.06. The Kier molecular flexibility index (Phi) is 7.03. The molecule has 0 amide bonds. The Labute approximate surface area is 331 Å². The molecule has 5 nitrogen and oxygen atoms in total. The van der Waals surface area contributed by atoms with E-state index in [-0.39, 0.29) is 0 Å². The van der Waals surface area contributed by atoms with Gasteiger partial charge in [0.15, 0.2) is 17.5 Å². The molecule has 0 bridgehead atoms. The largest absolute Gasteiger partial charge is 0.308 e. The van der Waals surface area contributed by atoms with Gasteiger partial charge in [-0.2, -0.15) is 0 Å². The second-order valence-corrected chi connectivity index (χ2v) is 15.4. The minimum atomic E-state index is 0.627. The molecule has 0 saturated heterocycles. The van der Waals surface area contributed by atoms with Crippen molar-refractivity contribution in [3.8, 4) is 45.5 Å². The van der Waals surface area contributed by atoms with Crippen LogP contribution in [0.3, 0.4) is 0 Å². The first-order valence-electron chi connectivity index (χ1n) is 19.1. The lowest BCUT2D eigenvalue weighted by atomic mass is 10.1. The summed E-state index contributed by atoms with van der Waals surface area (Å²) in [4.78, 5) is 15.4. The molecule has 0 aliphatic carbocycles. The summed E-state index contributed by atoms with van der Waals surface area (Å²) < 4.78 is 7.41. The number of para-hydroxylation sites is 4. The average molecular weight is 746 g/mol. The van der Waals surface area contributed by atoms with Crippen LogP contribution in [0.25, 0.3) is 109 Å². The number of benzene rings is 8. The lowest BCUT2D eigenvalue weighted by Crippen LogP contribution is -2.03. The molecule has 266 valence electrons. The molecule has 6 heteroatoms. The Bertz CT molecular complexity index is 3450. The fourth-order valence-electron chi connectivity index (χ4n) is 8.67. The zero-order chi connectivity index (χ0) is 37.5. The monoisotopic (exact) mass is 745 g/mol. The van der Waals surface area contributed by atoms with Crippen molar-refractivity contribution in [2.75, 3.05) is 0 Å². The molecule has 0 saturated carbocycles. The highest BCUT2D eigenvalue weighted by Crippen LogP contribution is 2.47. The summed E-state index contributed by atoms with van der Waals surface area (Å²) in [5.74, 6) is 1.91. The lowest BCUT2D eigenvalue weighted by Gasteiger charge is -2.15. The van der Waals surface area contributed by atoms with Gasteiger partial charge in [-0.05, 0) is 36.4 Å². The number of thiophene rings is 1. The summed E-state index contributed by atoms with van der Waals surface area (Å²) in [6.07, 6.45) is 0. The molecule has 57 heavy (non-hydrogen) atoms. The highest BCUT2D eigenvalue weighted by atomic mass is 32.1. The minimum Gasteiger partial charge on any atom is -0.308 e. The van der Waals surface area contributed by atoms with Gasteiger partial charge in [0.25, 0.3) is 0 Å². The predicted molar refractivity (Wildman–Crippen MR) is 238 cm³/mol. The van der Waals surface area contributed by atoms with Crippen LogP contribution in [-0.2, 0) is 0 Å². The van der Waals surface area contributed by atoms with E-state index in [2.05, 4.69) is 161 Å². The van der Waals surface area contributed by atoms with Crippen LogP contribution in [0.1, 0.15) is 0 Å². The van der Waals surface area contributed by atoms with Gasteiger partial charge in [0.1, 0.15) is 0 Å². The van der Waals surface area contributed by atoms with Crippen molar-refractivity contribution < 1.29 is 0 Å². The van der Waals surface area contributed by atoms with Gasteiger partial charge in [-0.25, -0.2) is 15.0 Å². The van der Waals surface area contributed by atoms with Crippen molar-refractivity contribution in [2.45, 2.75) is 0 Å². The van der Waals surface area contributed by atoms with E-state index in [0.29, 0.717) is 17.5 Å². The molecular formula is C51H31N5S. The van der Waals surface area contributed by atoms with E-state index < -0.39 is 0 Å². The van der Waals surface area contributed by atoms with Gasteiger partial charge in [-0.1, -0.05) is 152 Å². The van der Waals surface area contributed by atoms with Crippen LogP contribution in [0.15, 0.2) is 188 Å². The third-order valence-electron chi connectivity index (χ3n) is 11.2. The van der Waals surface area contributed by atoms with Crippen molar-refractivity contribution in [1.82, 2.24) is 24.1 Å². The van der Waals surface area contributed by atoms with Crippen LogP contribution >= 0.6 is 11.3 Å². The maximum absolute atomic E-state index is 5.18. The Morgan fingerprint density at radius 2 is 0.772 bits per heavy atom. The van der Waals surface area contributed by atoms with Gasteiger partial charge < -0.3 is 9.13 Å². The quantitative estimate of drug-likeness (QED) is 0.176. The second kappa shape index (κ2) is 12.6. The summed E-state index contributed by atoms with van der Waals surface area (Å²) in [7, 11) is 0. The third-order valence-corrected chi connectivity index (χ3v) is 12.4. The van der Waals surface area contributed by atoms with E-state index >= 15 is 0 Å². The summed E-state index contributed by atoms with van der Waals surface area (Å²) in [6, 6.07) is 66.4. The number of nitrogens with zero attached hydrogens (tertiary/aromatic N) is 5. The van der Waals surface area contributed by atoms with Crippen LogP contribution in [0.5, 0.6) is 0 Å². The molecular weight excluding hydrogens is 715 g/mol. The molecule has 0 radical (unpaired) electrons. The van der Waals surface area contributed by atoms with Gasteiger partial charge in [0.05, 0.1) is 37.2 Å². The van der Waals surface area contributed by atoms with E-state index in [0.717, 1.165) is 33.6 Å². The van der Waals surface area contributed by atoms with Crippen molar-refractivity contribution in [3.05, 3.63) is 188 Å². The summed E-state index contributed by atoms with van der Waals surface area (Å²) in [6.45, 7) is 0. The number of hydrogen-bond donors (Lipinski definition) is 0. The summed E-state index contributed by atoms with van der Waals surface area (Å²) >= 11 is 1.89. The molecule has 0 unspecified atom stereocenters. The smallest absolute Gasteiger partial charge is 0.166 e. The number of fused-ring (bicyclic) bond motifs is 11. The molecule has 0 spiro atoms. The second-order valence-electron chi connectivity index (χ2n) is 14.4. The molecule has 4 heterocycles. The highest BCUT2D eigenvalue weighted by molar-refractivity contribution is 7.27. The topological polar surface area (TPSA) is 48.5 Å². The first-order chi connectivity index (χ1) is 28.3. The van der Waals surface area contributed by atoms with Gasteiger partial charge in [-0.3, -0.25) is 0 Å². The highest BCUT2D eigenvalue weighted by Gasteiger charge is 2.23. The van der Waals surface area contributed by atoms with Crippen molar-refractivity contribution in [2.24, 2.45) is 0 Å². The Morgan fingerprint density at radius 3 is 1.37 bits per heavy atom. The van der Waals surface area contributed by atoms with Crippen molar-refractivity contribution >= 4 is 75.1 Å². The standard InChI is InChI=1S/C51H31N5S/c1-4-16-32(17-5-1)49-52-50(33-18-6-2-7-19-33)54-51(53-49)41-24-12-15-27-44(41)56-43-26-14-11-23-36(43)38-29-31-40-39-30-28-37-35-22-10-13-25-42(35)55(34-20-8-3-9-21-34)45(37)47(39)57-48(40)46(38)56/h1-31H. The van der Waals surface area contributed by atoms with E-state index in [1.807, 2.05) is 47.7 Å². The van der Waals surface area contributed by atoms with Gasteiger partial charge in [0, 0.05) is 54.7 Å². The maximum atomic E-state index is 5.18. The molecule has 4 aromatic heterocycles. The van der Waals surface area contributed by atoms with Crippen LogP contribution in [0, 0.1) is 0 Å². The molecule has 0 aliphatic heterocycles. The van der Waals surface area contributed by atoms with Gasteiger partial charge >= 0.3 is 0 Å². The number of aromatic nitrogens is 5. The number of rotatable bonds is 5. The Balaban J connectivity index is 1.18. The normalized spacial score (nSPS) is 11.9. The minimum absolute atomic E-state index is 0.627. The van der Waals surface area contributed by atoms with E-state index in [9.17, 15) is 0 Å². The van der Waals surface area contributed by atoms with E-state index in [1.165, 1.54) is 58.3 Å². The SMILES string of the molecule is c1ccc(-c2nc(-c3ccccc3)nc(-c3ccccc3-n3c4ccccc4c4ccc5c6ccc7c8ccccc8n(-c8ccccc8)c7c6sc5c43)n2)cc1. The molecule has 12 rings (SSSR count). The van der Waals surface area contributed by atoms with Crippen LogP contribution in [0.2, 0.25) is 0 Å². The predicted octanol–water partition coefficient (Wildman–Crippen LogP) is 13.4. The Morgan fingerprint density at radius 1 is 0.333 bits per heavy atom. The zero-order valence-electron chi connectivity index (χ0n) is 30.5. The summed E-state index contributed by atoms with van der Waals surface area (Å²) in [5.41, 5.74) is 9.75. The van der Waals surface area contributed by atoms with Crippen molar-refractivity contribution in [1.29, 1.82) is 0 Å². The molecule has 8 aromatic carbocycles. The molecule has 0 aliphatic rings. The fourth-order valence-corrected chi connectivity index (χ4v) is 10.0. The first-order valence-corrected chi connectivity index (χ1v) is 19.9. The number of hydrogen-bond acceptors (Lipinski definition) is 4. The maximum Gasteiger partial charge on any atom is 0.166 e. The van der Waals surface area contributed by atoms with E-state index in [4.69, 9.17) is 15.0 Å². The van der Waals surface area contributed by atoms with Gasteiger partial charge in [-0.15, -0.1) is 11.3 Å². The Hall–Kier alpha value is -7.41. The van der Waals surface area contributed by atoms with Crippen molar-refractivity contribution in [3.63, 3.8) is 0 Å². The molecule has 0 atom stereocenters. The zero-order valence-corrected chi connectivity index (χ0v) is 31.4. The van der Waals surface area contributed by atoms with Crippen LogP contribution in [-0.4, -0.2) is 24.1 Å². The summed E-state index contributed by atoms with van der Waals surface area (Å²) in [5, 5.41) is 7.43. The fraction of sp³-hybridized carbons (Fsp3) is 0. The first kappa shape index (κ1) is 31.9.